The fraction of sp³-hybridized carbons (Fsp3) is 0.275. The lowest BCUT2D eigenvalue weighted by molar-refractivity contribution is -0.0357. The molecule has 1 fully saturated rings. The molecule has 0 radical (unpaired) electrons. The molecule has 6 rings (SSSR count). The minimum Gasteiger partial charge on any atom is -0.494 e. The molecule has 47 heavy (non-hydrogen) atoms. The topological polar surface area (TPSA) is 68.2 Å². The van der Waals surface area contributed by atoms with E-state index in [1.165, 1.54) is 20.7 Å². The van der Waals surface area contributed by atoms with Gasteiger partial charge in [0.2, 0.25) is 0 Å². The number of carboxylic acid groups (broad SMARTS) is 1. The second-order valence-electron chi connectivity index (χ2n) is 11.9. The van der Waals surface area contributed by atoms with E-state index < -0.39 is 6.09 Å². The van der Waals surface area contributed by atoms with Gasteiger partial charge in [-0.3, -0.25) is 0 Å². The Bertz CT molecular complexity index is 1700. The van der Waals surface area contributed by atoms with Gasteiger partial charge in [0.1, 0.15) is 5.75 Å². The average molecular weight is 648 g/mol. The molecule has 1 N–H and O–H groups in total. The predicted molar refractivity (Wildman–Crippen MR) is 188 cm³/mol. The number of hydrogen-bond donors (Lipinski definition) is 1. The number of hydrogen-bond acceptors (Lipinski definition) is 5. The number of piperidine rings is 1. The Morgan fingerprint density at radius 2 is 1.47 bits per heavy atom. The van der Waals surface area contributed by atoms with Crippen molar-refractivity contribution in [2.75, 3.05) is 32.1 Å². The maximum Gasteiger partial charge on any atom is 0.407 e. The summed E-state index contributed by atoms with van der Waals surface area (Å²) in [4.78, 5) is 15.0. The number of likely N-dealkylation sites (tertiary alicyclic amines) is 1. The van der Waals surface area contributed by atoms with Gasteiger partial charge in [-0.25, -0.2) is 4.79 Å². The molecule has 0 bridgehead atoms. The van der Waals surface area contributed by atoms with E-state index in [9.17, 15) is 9.90 Å². The molecule has 3 atom stereocenters. The average Bonchev–Trinajstić information content (AvgIpc) is 3.12. The zero-order valence-corrected chi connectivity index (χ0v) is 27.3. The molecule has 3 unspecified atom stereocenters. The second-order valence-corrected chi connectivity index (χ2v) is 13.0. The SMILES string of the molecule is O=C(O)N1CC(CSc2ccccc2)C(c2ccc(OCCCOCc3ccccc3)cc2)C(OCc2ccc3ccccc3c2)C1. The van der Waals surface area contributed by atoms with Crippen LogP contribution in [0.3, 0.4) is 0 Å². The Morgan fingerprint density at radius 3 is 2.23 bits per heavy atom. The first-order valence-electron chi connectivity index (χ1n) is 16.2. The van der Waals surface area contributed by atoms with Gasteiger partial charge in [0.15, 0.2) is 0 Å². The van der Waals surface area contributed by atoms with Gasteiger partial charge >= 0.3 is 6.09 Å². The summed E-state index contributed by atoms with van der Waals surface area (Å²) in [6.45, 7) is 2.99. The van der Waals surface area contributed by atoms with Gasteiger partial charge in [-0.1, -0.05) is 97.1 Å². The van der Waals surface area contributed by atoms with Gasteiger partial charge in [-0.15, -0.1) is 11.8 Å². The largest absolute Gasteiger partial charge is 0.494 e. The number of carbonyl (C=O) groups is 1. The zero-order chi connectivity index (χ0) is 32.3. The van der Waals surface area contributed by atoms with Gasteiger partial charge in [0, 0.05) is 29.5 Å². The van der Waals surface area contributed by atoms with E-state index in [0.717, 1.165) is 34.4 Å². The summed E-state index contributed by atoms with van der Waals surface area (Å²) in [5.41, 5.74) is 3.37. The molecule has 6 nitrogen and oxygen atoms in total. The zero-order valence-electron chi connectivity index (χ0n) is 26.4. The molecule has 1 amide bonds. The predicted octanol–water partition coefficient (Wildman–Crippen LogP) is 8.90. The molecule has 0 saturated carbocycles. The van der Waals surface area contributed by atoms with Crippen molar-refractivity contribution in [3.05, 3.63) is 144 Å². The van der Waals surface area contributed by atoms with E-state index in [1.54, 1.807) is 11.8 Å². The number of rotatable bonds is 14. The van der Waals surface area contributed by atoms with Crippen molar-refractivity contribution in [1.82, 2.24) is 4.90 Å². The van der Waals surface area contributed by atoms with E-state index in [-0.39, 0.29) is 17.9 Å². The lowest BCUT2D eigenvalue weighted by Gasteiger charge is -2.43. The quantitative estimate of drug-likeness (QED) is 0.0959. The van der Waals surface area contributed by atoms with E-state index in [0.29, 0.717) is 39.5 Å². The highest BCUT2D eigenvalue weighted by Crippen LogP contribution is 2.39. The number of fused-ring (bicyclic) bond motifs is 1. The molecule has 0 aromatic heterocycles. The van der Waals surface area contributed by atoms with Crippen LogP contribution >= 0.6 is 11.8 Å². The first-order valence-corrected chi connectivity index (χ1v) is 17.2. The summed E-state index contributed by atoms with van der Waals surface area (Å²) < 4.78 is 18.5. The third-order valence-electron chi connectivity index (χ3n) is 8.60. The molecule has 5 aromatic rings. The molecule has 1 aliphatic rings. The highest BCUT2D eigenvalue weighted by atomic mass is 32.2. The fourth-order valence-electron chi connectivity index (χ4n) is 6.21. The van der Waals surface area contributed by atoms with Crippen LogP contribution in [0.15, 0.2) is 132 Å². The summed E-state index contributed by atoms with van der Waals surface area (Å²) in [5, 5.41) is 12.4. The Morgan fingerprint density at radius 1 is 0.745 bits per heavy atom. The standard InChI is InChI=1S/C40H41NO5S/c42-40(43)41-25-35(29-47-37-14-5-2-6-15-37)39(38(26-41)46-28-31-16-17-32-12-7-8-13-34(32)24-31)33-18-20-36(21-19-33)45-23-9-22-44-27-30-10-3-1-4-11-30/h1-8,10-21,24,35,38-39H,9,22-23,25-29H2,(H,42,43). The Kier molecular flexibility index (Phi) is 11.5. The van der Waals surface area contributed by atoms with Gasteiger partial charge in [-0.2, -0.15) is 0 Å². The number of nitrogens with zero attached hydrogens (tertiary/aromatic N) is 1. The van der Waals surface area contributed by atoms with E-state index >= 15 is 0 Å². The van der Waals surface area contributed by atoms with Crippen molar-refractivity contribution in [3.8, 4) is 5.75 Å². The second kappa shape index (κ2) is 16.5. The van der Waals surface area contributed by atoms with Crippen LogP contribution in [0.4, 0.5) is 4.79 Å². The van der Waals surface area contributed by atoms with Crippen LogP contribution in [0.5, 0.6) is 5.75 Å². The monoisotopic (exact) mass is 647 g/mol. The summed E-state index contributed by atoms with van der Waals surface area (Å²) in [7, 11) is 0. The molecule has 1 saturated heterocycles. The third-order valence-corrected chi connectivity index (χ3v) is 9.80. The molecule has 0 spiro atoms. The smallest absolute Gasteiger partial charge is 0.407 e. The first kappa shape index (κ1) is 32.6. The van der Waals surface area contributed by atoms with Crippen LogP contribution in [0, 0.1) is 5.92 Å². The van der Waals surface area contributed by atoms with Gasteiger partial charge < -0.3 is 24.2 Å². The highest BCUT2D eigenvalue weighted by molar-refractivity contribution is 7.99. The first-order chi connectivity index (χ1) is 23.1. The number of thioether (sulfide) groups is 1. The van der Waals surface area contributed by atoms with Crippen molar-refractivity contribution in [3.63, 3.8) is 0 Å². The van der Waals surface area contributed by atoms with E-state index in [4.69, 9.17) is 14.2 Å². The lowest BCUT2D eigenvalue weighted by Crippen LogP contribution is -2.51. The third kappa shape index (κ3) is 9.16. The van der Waals surface area contributed by atoms with Crippen molar-refractivity contribution < 1.29 is 24.1 Å². The summed E-state index contributed by atoms with van der Waals surface area (Å²) in [5.74, 6) is 1.65. The minimum absolute atomic E-state index is 0.0164. The Labute approximate surface area is 281 Å². The molecule has 0 aliphatic carbocycles. The van der Waals surface area contributed by atoms with Crippen LogP contribution in [-0.4, -0.2) is 54.3 Å². The van der Waals surface area contributed by atoms with Crippen LogP contribution in [-0.2, 0) is 22.7 Å². The lowest BCUT2D eigenvalue weighted by atomic mass is 9.79. The number of amides is 1. The molecule has 5 aromatic carbocycles. The van der Waals surface area contributed by atoms with Gasteiger partial charge in [0.05, 0.1) is 39.1 Å². The van der Waals surface area contributed by atoms with Crippen LogP contribution in [0.1, 0.15) is 29.0 Å². The molecule has 1 aliphatic heterocycles. The van der Waals surface area contributed by atoms with Crippen molar-refractivity contribution in [2.24, 2.45) is 5.92 Å². The van der Waals surface area contributed by atoms with Crippen molar-refractivity contribution in [1.29, 1.82) is 0 Å². The molecule has 242 valence electrons. The van der Waals surface area contributed by atoms with Crippen LogP contribution in [0.2, 0.25) is 0 Å². The normalized spacial score (nSPS) is 17.9. The fourth-order valence-corrected chi connectivity index (χ4v) is 7.28. The van der Waals surface area contributed by atoms with Crippen molar-refractivity contribution in [2.45, 2.75) is 36.6 Å². The Hall–Kier alpha value is -4.30. The maximum absolute atomic E-state index is 12.3. The number of ether oxygens (including phenoxy) is 3. The minimum atomic E-state index is -0.908. The molecule has 7 heteroatoms. The molecule has 1 heterocycles. The van der Waals surface area contributed by atoms with Crippen molar-refractivity contribution >= 4 is 28.6 Å². The van der Waals surface area contributed by atoms with E-state index in [2.05, 4.69) is 66.7 Å². The molecular formula is C40H41NO5S. The summed E-state index contributed by atoms with van der Waals surface area (Å²) in [6.07, 6.45) is -0.415. The van der Waals surface area contributed by atoms with Gasteiger partial charge in [-0.05, 0) is 63.7 Å². The van der Waals surface area contributed by atoms with Crippen LogP contribution in [0.25, 0.3) is 10.8 Å². The summed E-state index contributed by atoms with van der Waals surface area (Å²) >= 11 is 1.76. The van der Waals surface area contributed by atoms with E-state index in [1.807, 2.05) is 60.7 Å². The maximum atomic E-state index is 12.3. The summed E-state index contributed by atoms with van der Waals surface area (Å²) in [6, 6.07) is 43.4. The van der Waals surface area contributed by atoms with Crippen LogP contribution < -0.4 is 4.74 Å². The van der Waals surface area contributed by atoms with Gasteiger partial charge in [0.25, 0.3) is 0 Å². The number of benzene rings is 5. The highest BCUT2D eigenvalue weighted by Gasteiger charge is 2.40. The molecular weight excluding hydrogens is 607 g/mol. The Balaban J connectivity index is 1.14.